The molecule has 2 heterocycles. The molecular formula is C20H19N5O4S. The van der Waals surface area contributed by atoms with Crippen LogP contribution in [0.15, 0.2) is 51.1 Å². The molecule has 4 aromatic rings. The molecule has 1 N–H and O–H groups in total. The van der Waals surface area contributed by atoms with Crippen LogP contribution >= 0.6 is 11.8 Å². The summed E-state index contributed by atoms with van der Waals surface area (Å²) in [4.78, 5) is 43.0. The van der Waals surface area contributed by atoms with E-state index in [0.717, 1.165) is 11.1 Å². The monoisotopic (exact) mass is 425 g/mol. The summed E-state index contributed by atoms with van der Waals surface area (Å²) in [6, 6.07) is 10.1. The van der Waals surface area contributed by atoms with Crippen molar-refractivity contribution in [3.63, 3.8) is 0 Å². The lowest BCUT2D eigenvalue weighted by Gasteiger charge is -2.12. The summed E-state index contributed by atoms with van der Waals surface area (Å²) < 4.78 is 2.95. The van der Waals surface area contributed by atoms with Crippen molar-refractivity contribution >= 4 is 39.5 Å². The predicted octanol–water partition coefficient (Wildman–Crippen LogP) is 3.28. The highest BCUT2D eigenvalue weighted by Gasteiger charge is 2.14. The molecule has 0 atom stereocenters. The zero-order chi connectivity index (χ0) is 21.4. The number of rotatable bonds is 6. The number of H-pyrrole nitrogens is 1. The first-order valence-corrected chi connectivity index (χ1v) is 10.4. The van der Waals surface area contributed by atoms with Crippen molar-refractivity contribution in [3.05, 3.63) is 72.8 Å². The fraction of sp³-hybridized carbons (Fsp3) is 0.250. The molecule has 0 radical (unpaired) electrons. The number of hydrogen-bond donors (Lipinski definition) is 1. The molecule has 0 aliphatic rings. The zero-order valence-electron chi connectivity index (χ0n) is 16.4. The van der Waals surface area contributed by atoms with Crippen LogP contribution in [0.4, 0.5) is 5.69 Å². The van der Waals surface area contributed by atoms with Crippen LogP contribution in [0.1, 0.15) is 19.4 Å². The van der Waals surface area contributed by atoms with Crippen molar-refractivity contribution in [1.29, 1.82) is 0 Å². The Balaban J connectivity index is 1.71. The standard InChI is InChI=1S/C20H19N5O4S/c1-3-23-16-9-14-15(10-17(16)24(4-2)19(27)18(23)26)22-20(21-14)30-11-12-5-7-13(8-6-12)25(28)29/h5-10H,3-4,11H2,1-2H3,(H,21,22). The van der Waals surface area contributed by atoms with Crippen molar-refractivity contribution in [2.75, 3.05) is 0 Å². The second-order valence-electron chi connectivity index (χ2n) is 6.71. The number of aryl methyl sites for hydroxylation is 2. The quantitative estimate of drug-likeness (QED) is 0.219. The summed E-state index contributed by atoms with van der Waals surface area (Å²) in [5, 5.41) is 11.5. The van der Waals surface area contributed by atoms with Gasteiger partial charge in [0.25, 0.3) is 5.69 Å². The highest BCUT2D eigenvalue weighted by Crippen LogP contribution is 2.26. The van der Waals surface area contributed by atoms with Crippen LogP contribution in [0, 0.1) is 10.1 Å². The van der Waals surface area contributed by atoms with Gasteiger partial charge in [0.2, 0.25) is 0 Å². The van der Waals surface area contributed by atoms with Gasteiger partial charge < -0.3 is 14.1 Å². The van der Waals surface area contributed by atoms with E-state index >= 15 is 0 Å². The van der Waals surface area contributed by atoms with E-state index in [1.54, 1.807) is 12.1 Å². The predicted molar refractivity (Wildman–Crippen MR) is 116 cm³/mol. The van der Waals surface area contributed by atoms with Crippen molar-refractivity contribution in [3.8, 4) is 0 Å². The van der Waals surface area contributed by atoms with Gasteiger partial charge in [-0.3, -0.25) is 19.7 Å². The van der Waals surface area contributed by atoms with Gasteiger partial charge >= 0.3 is 11.1 Å². The summed E-state index contributed by atoms with van der Waals surface area (Å²) in [7, 11) is 0. The van der Waals surface area contributed by atoms with Crippen LogP contribution in [-0.4, -0.2) is 24.0 Å². The summed E-state index contributed by atoms with van der Waals surface area (Å²) in [5.41, 5.74) is 2.78. The number of fused-ring (bicyclic) bond motifs is 2. The number of nitro benzene ring substituents is 1. The highest BCUT2D eigenvalue weighted by atomic mass is 32.2. The number of imidazole rings is 1. The fourth-order valence-corrected chi connectivity index (χ4v) is 4.30. The second-order valence-corrected chi connectivity index (χ2v) is 7.68. The Bertz CT molecular complexity index is 1310. The van der Waals surface area contributed by atoms with Crippen LogP contribution in [0.5, 0.6) is 0 Å². The Morgan fingerprint density at radius 2 is 1.63 bits per heavy atom. The molecule has 0 saturated heterocycles. The molecule has 154 valence electrons. The number of nitro groups is 1. The van der Waals surface area contributed by atoms with Gasteiger partial charge in [-0.15, -0.1) is 0 Å². The normalized spacial score (nSPS) is 11.4. The molecular weight excluding hydrogens is 406 g/mol. The van der Waals surface area contributed by atoms with E-state index in [1.165, 1.54) is 33.0 Å². The number of benzene rings is 2. The van der Waals surface area contributed by atoms with Crippen LogP contribution in [0.25, 0.3) is 22.1 Å². The molecule has 9 nitrogen and oxygen atoms in total. The van der Waals surface area contributed by atoms with Crippen molar-refractivity contribution in [2.24, 2.45) is 0 Å². The van der Waals surface area contributed by atoms with Gasteiger partial charge in [0.1, 0.15) is 0 Å². The van der Waals surface area contributed by atoms with Crippen molar-refractivity contribution < 1.29 is 4.92 Å². The van der Waals surface area contributed by atoms with Crippen LogP contribution in [0.3, 0.4) is 0 Å². The molecule has 0 unspecified atom stereocenters. The van der Waals surface area contributed by atoms with E-state index in [2.05, 4.69) is 9.97 Å². The van der Waals surface area contributed by atoms with Gasteiger partial charge in [0.05, 0.1) is 27.0 Å². The third-order valence-corrected chi connectivity index (χ3v) is 5.91. The van der Waals surface area contributed by atoms with E-state index < -0.39 is 16.0 Å². The molecule has 0 saturated carbocycles. The fourth-order valence-electron chi connectivity index (χ4n) is 3.45. The van der Waals surface area contributed by atoms with Crippen LogP contribution in [-0.2, 0) is 18.8 Å². The first-order chi connectivity index (χ1) is 14.4. The number of aromatic nitrogens is 4. The lowest BCUT2D eigenvalue weighted by molar-refractivity contribution is -0.384. The zero-order valence-corrected chi connectivity index (χ0v) is 17.2. The van der Waals surface area contributed by atoms with Crippen LogP contribution in [0.2, 0.25) is 0 Å². The number of aromatic amines is 1. The molecule has 10 heteroatoms. The molecule has 4 rings (SSSR count). The minimum absolute atomic E-state index is 0.0584. The topological polar surface area (TPSA) is 116 Å². The van der Waals surface area contributed by atoms with Gasteiger partial charge in [-0.1, -0.05) is 23.9 Å². The maximum absolute atomic E-state index is 12.4. The smallest absolute Gasteiger partial charge is 0.316 e. The Labute approximate surface area is 174 Å². The van der Waals surface area contributed by atoms with Crippen molar-refractivity contribution in [1.82, 2.24) is 19.1 Å². The minimum atomic E-state index is -0.533. The Morgan fingerprint density at radius 3 is 2.20 bits per heavy atom. The second kappa shape index (κ2) is 7.79. The summed E-state index contributed by atoms with van der Waals surface area (Å²) in [5.74, 6) is 0.594. The Kier molecular flexibility index (Phi) is 5.17. The molecule has 2 aromatic heterocycles. The largest absolute Gasteiger partial charge is 0.333 e. The van der Waals surface area contributed by atoms with Gasteiger partial charge in [0, 0.05) is 31.0 Å². The number of thioether (sulfide) groups is 1. The summed E-state index contributed by atoms with van der Waals surface area (Å²) >= 11 is 1.47. The summed E-state index contributed by atoms with van der Waals surface area (Å²) in [6.07, 6.45) is 0. The Hall–Kier alpha value is -3.40. The first kappa shape index (κ1) is 19.9. The number of nitrogens with zero attached hydrogens (tertiary/aromatic N) is 4. The summed E-state index contributed by atoms with van der Waals surface area (Å²) in [6.45, 7) is 4.46. The number of hydrogen-bond acceptors (Lipinski definition) is 6. The minimum Gasteiger partial charge on any atom is -0.333 e. The third kappa shape index (κ3) is 3.39. The molecule has 0 aliphatic heterocycles. The molecule has 0 fully saturated rings. The maximum Gasteiger partial charge on any atom is 0.316 e. The first-order valence-electron chi connectivity index (χ1n) is 9.46. The number of nitrogens with one attached hydrogen (secondary N) is 1. The van der Waals surface area contributed by atoms with E-state index in [4.69, 9.17) is 0 Å². The maximum atomic E-state index is 12.4. The van der Waals surface area contributed by atoms with E-state index in [9.17, 15) is 19.7 Å². The molecule has 0 bridgehead atoms. The lowest BCUT2D eigenvalue weighted by Crippen LogP contribution is -2.41. The average Bonchev–Trinajstić information content (AvgIpc) is 3.14. The average molecular weight is 425 g/mol. The Morgan fingerprint density at radius 1 is 1.03 bits per heavy atom. The van der Waals surface area contributed by atoms with E-state index in [0.29, 0.717) is 40.5 Å². The lowest BCUT2D eigenvalue weighted by atomic mass is 10.2. The highest BCUT2D eigenvalue weighted by molar-refractivity contribution is 7.98. The number of non-ortho nitro benzene ring substituents is 1. The van der Waals surface area contributed by atoms with Gasteiger partial charge in [0.15, 0.2) is 5.16 Å². The molecule has 2 aromatic carbocycles. The van der Waals surface area contributed by atoms with E-state index in [-0.39, 0.29) is 5.69 Å². The van der Waals surface area contributed by atoms with Gasteiger partial charge in [-0.2, -0.15) is 0 Å². The molecule has 30 heavy (non-hydrogen) atoms. The SMILES string of the molecule is CCn1c(=O)c(=O)n(CC)c2cc3[nH]c(SCc4ccc([N+](=O)[O-])cc4)nc3cc21. The van der Waals surface area contributed by atoms with Crippen LogP contribution < -0.4 is 11.1 Å². The van der Waals surface area contributed by atoms with Gasteiger partial charge in [-0.25, -0.2) is 4.98 Å². The molecule has 0 amide bonds. The van der Waals surface area contributed by atoms with E-state index in [1.807, 2.05) is 26.0 Å². The van der Waals surface area contributed by atoms with Crippen molar-refractivity contribution in [2.45, 2.75) is 37.8 Å². The third-order valence-electron chi connectivity index (χ3n) is 4.97. The molecule has 0 aliphatic carbocycles. The molecule has 0 spiro atoms. The van der Waals surface area contributed by atoms with Gasteiger partial charge in [-0.05, 0) is 31.5 Å².